The van der Waals surface area contributed by atoms with Gasteiger partial charge in [0.1, 0.15) is 0 Å². The van der Waals surface area contributed by atoms with Crippen molar-refractivity contribution < 1.29 is 0 Å². The molecule has 0 unspecified atom stereocenters. The SMILES string of the molecule is CCc1nccc(N)c1Br. The smallest absolute Gasteiger partial charge is 0.0620 e. The molecule has 0 amide bonds. The van der Waals surface area contributed by atoms with E-state index in [1.54, 1.807) is 12.3 Å². The van der Waals surface area contributed by atoms with Crippen molar-refractivity contribution in [3.63, 3.8) is 0 Å². The number of nitrogens with zero attached hydrogens (tertiary/aromatic N) is 1. The van der Waals surface area contributed by atoms with E-state index in [2.05, 4.69) is 20.9 Å². The fourth-order valence-electron chi connectivity index (χ4n) is 0.750. The van der Waals surface area contributed by atoms with Crippen LogP contribution < -0.4 is 5.73 Å². The van der Waals surface area contributed by atoms with Crippen molar-refractivity contribution in [3.8, 4) is 0 Å². The first kappa shape index (κ1) is 7.54. The third-order valence-electron chi connectivity index (χ3n) is 1.33. The predicted molar refractivity (Wildman–Crippen MR) is 45.7 cm³/mol. The van der Waals surface area contributed by atoms with Crippen LogP contribution in [0.2, 0.25) is 0 Å². The number of hydrogen-bond acceptors (Lipinski definition) is 2. The van der Waals surface area contributed by atoms with E-state index in [4.69, 9.17) is 5.73 Å². The van der Waals surface area contributed by atoms with Gasteiger partial charge in [0, 0.05) is 11.9 Å². The zero-order valence-corrected chi connectivity index (χ0v) is 7.35. The fourth-order valence-corrected chi connectivity index (χ4v) is 1.27. The van der Waals surface area contributed by atoms with Crippen LogP contribution in [0.3, 0.4) is 0 Å². The van der Waals surface area contributed by atoms with Crippen LogP contribution in [0.4, 0.5) is 5.69 Å². The second kappa shape index (κ2) is 3.01. The molecule has 10 heavy (non-hydrogen) atoms. The van der Waals surface area contributed by atoms with Gasteiger partial charge in [0.15, 0.2) is 0 Å². The lowest BCUT2D eigenvalue weighted by molar-refractivity contribution is 1.02. The maximum Gasteiger partial charge on any atom is 0.0620 e. The summed E-state index contributed by atoms with van der Waals surface area (Å²) in [6, 6.07) is 1.78. The minimum Gasteiger partial charge on any atom is -0.398 e. The first-order valence-corrected chi connectivity index (χ1v) is 3.94. The van der Waals surface area contributed by atoms with Gasteiger partial charge in [-0.05, 0) is 28.4 Å². The lowest BCUT2D eigenvalue weighted by atomic mass is 10.3. The van der Waals surface area contributed by atoms with Crippen LogP contribution in [0, 0.1) is 0 Å². The second-order valence-electron chi connectivity index (χ2n) is 2.01. The molecule has 1 rings (SSSR count). The van der Waals surface area contributed by atoms with E-state index < -0.39 is 0 Å². The Hall–Kier alpha value is -0.570. The van der Waals surface area contributed by atoms with Crippen molar-refractivity contribution in [1.82, 2.24) is 4.98 Å². The van der Waals surface area contributed by atoms with E-state index in [9.17, 15) is 0 Å². The van der Waals surface area contributed by atoms with E-state index in [0.717, 1.165) is 22.3 Å². The molecule has 2 N–H and O–H groups in total. The lowest BCUT2D eigenvalue weighted by Gasteiger charge is -2.01. The van der Waals surface area contributed by atoms with Crippen molar-refractivity contribution in [2.45, 2.75) is 13.3 Å². The zero-order valence-electron chi connectivity index (χ0n) is 5.76. The molecule has 3 heteroatoms. The third kappa shape index (κ3) is 1.29. The van der Waals surface area contributed by atoms with E-state index in [0.29, 0.717) is 0 Å². The normalized spacial score (nSPS) is 9.80. The predicted octanol–water partition coefficient (Wildman–Crippen LogP) is 1.99. The van der Waals surface area contributed by atoms with E-state index in [1.807, 2.05) is 6.92 Å². The van der Waals surface area contributed by atoms with Gasteiger partial charge in [0.25, 0.3) is 0 Å². The molecule has 2 nitrogen and oxygen atoms in total. The highest BCUT2D eigenvalue weighted by Crippen LogP contribution is 2.21. The average Bonchev–Trinajstić information content (AvgIpc) is 1.95. The molecule has 0 spiro atoms. The standard InChI is InChI=1S/C7H9BrN2/c1-2-6-7(8)5(9)3-4-10-6/h3-4H,2H2,1H3,(H2,9,10). The number of rotatable bonds is 1. The van der Waals surface area contributed by atoms with Crippen molar-refractivity contribution in [2.24, 2.45) is 0 Å². The van der Waals surface area contributed by atoms with Crippen LogP contribution in [-0.2, 0) is 6.42 Å². The summed E-state index contributed by atoms with van der Waals surface area (Å²) in [5, 5.41) is 0. The zero-order chi connectivity index (χ0) is 7.56. The molecular formula is C7H9BrN2. The van der Waals surface area contributed by atoms with E-state index in [1.165, 1.54) is 0 Å². The first-order valence-electron chi connectivity index (χ1n) is 3.14. The van der Waals surface area contributed by atoms with Crippen molar-refractivity contribution in [2.75, 3.05) is 5.73 Å². The van der Waals surface area contributed by atoms with E-state index in [-0.39, 0.29) is 0 Å². The molecular weight excluding hydrogens is 192 g/mol. The minimum atomic E-state index is 0.756. The Kier molecular flexibility index (Phi) is 2.27. The van der Waals surface area contributed by atoms with Crippen LogP contribution in [0.1, 0.15) is 12.6 Å². The highest BCUT2D eigenvalue weighted by Gasteiger charge is 2.00. The molecule has 1 heterocycles. The van der Waals surface area contributed by atoms with Crippen LogP contribution in [0.25, 0.3) is 0 Å². The van der Waals surface area contributed by atoms with Gasteiger partial charge in [-0.3, -0.25) is 4.98 Å². The summed E-state index contributed by atoms with van der Waals surface area (Å²) >= 11 is 3.35. The lowest BCUT2D eigenvalue weighted by Crippen LogP contribution is -1.93. The molecule has 0 fully saturated rings. The maximum absolute atomic E-state index is 5.61. The van der Waals surface area contributed by atoms with Crippen LogP contribution in [0.5, 0.6) is 0 Å². The average molecular weight is 201 g/mol. The van der Waals surface area contributed by atoms with Gasteiger partial charge in [0.05, 0.1) is 10.2 Å². The van der Waals surface area contributed by atoms with Gasteiger partial charge < -0.3 is 5.73 Å². The Bertz CT molecular complexity index is 235. The molecule has 0 aliphatic rings. The highest BCUT2D eigenvalue weighted by atomic mass is 79.9. The summed E-state index contributed by atoms with van der Waals surface area (Å²) in [6.45, 7) is 2.05. The topological polar surface area (TPSA) is 38.9 Å². The van der Waals surface area contributed by atoms with Crippen molar-refractivity contribution >= 4 is 21.6 Å². The molecule has 0 saturated carbocycles. The number of pyridine rings is 1. The molecule has 0 bridgehead atoms. The van der Waals surface area contributed by atoms with Crippen molar-refractivity contribution in [3.05, 3.63) is 22.4 Å². The number of aromatic nitrogens is 1. The Morgan fingerprint density at radius 2 is 2.40 bits per heavy atom. The molecule has 1 aromatic heterocycles. The van der Waals surface area contributed by atoms with Gasteiger partial charge >= 0.3 is 0 Å². The molecule has 0 aliphatic carbocycles. The summed E-state index contributed by atoms with van der Waals surface area (Å²) < 4.78 is 0.928. The molecule has 0 saturated heterocycles. The summed E-state index contributed by atoms with van der Waals surface area (Å²) in [5.41, 5.74) is 7.38. The maximum atomic E-state index is 5.61. The van der Waals surface area contributed by atoms with Crippen molar-refractivity contribution in [1.29, 1.82) is 0 Å². The Morgan fingerprint density at radius 1 is 1.70 bits per heavy atom. The third-order valence-corrected chi connectivity index (χ3v) is 2.24. The van der Waals surface area contributed by atoms with Gasteiger partial charge in [-0.1, -0.05) is 6.92 Å². The molecule has 0 atom stereocenters. The number of anilines is 1. The number of hydrogen-bond donors (Lipinski definition) is 1. The molecule has 0 radical (unpaired) electrons. The molecule has 1 aromatic rings. The number of halogens is 1. The summed E-state index contributed by atoms with van der Waals surface area (Å²) in [7, 11) is 0. The fraction of sp³-hybridized carbons (Fsp3) is 0.286. The van der Waals surface area contributed by atoms with Crippen LogP contribution in [0.15, 0.2) is 16.7 Å². The molecule has 54 valence electrons. The van der Waals surface area contributed by atoms with Gasteiger partial charge in [-0.2, -0.15) is 0 Å². The Morgan fingerprint density at radius 3 is 2.90 bits per heavy atom. The van der Waals surface area contributed by atoms with Gasteiger partial charge in [0.2, 0.25) is 0 Å². The van der Waals surface area contributed by atoms with Gasteiger partial charge in [-0.15, -0.1) is 0 Å². The Labute approximate surface area is 68.6 Å². The summed E-state index contributed by atoms with van der Waals surface area (Å²) in [4.78, 5) is 4.13. The summed E-state index contributed by atoms with van der Waals surface area (Å²) in [6.07, 6.45) is 2.63. The molecule has 0 aromatic carbocycles. The number of nitrogens with two attached hydrogens (primary N) is 1. The van der Waals surface area contributed by atoms with Crippen LogP contribution in [-0.4, -0.2) is 4.98 Å². The number of aryl methyl sites for hydroxylation is 1. The highest BCUT2D eigenvalue weighted by molar-refractivity contribution is 9.10. The largest absolute Gasteiger partial charge is 0.398 e. The quantitative estimate of drug-likeness (QED) is 0.754. The molecule has 0 aliphatic heterocycles. The van der Waals surface area contributed by atoms with Gasteiger partial charge in [-0.25, -0.2) is 0 Å². The second-order valence-corrected chi connectivity index (χ2v) is 2.81. The first-order chi connectivity index (χ1) is 4.75. The Balaban J connectivity index is 3.14. The van der Waals surface area contributed by atoms with Crippen LogP contribution >= 0.6 is 15.9 Å². The monoisotopic (exact) mass is 200 g/mol. The van der Waals surface area contributed by atoms with E-state index >= 15 is 0 Å². The summed E-state index contributed by atoms with van der Waals surface area (Å²) in [5.74, 6) is 0. The number of nitrogen functional groups attached to an aromatic ring is 1. The minimum absolute atomic E-state index is 0.756.